The molecule has 0 aliphatic rings. The molecule has 1 N–H and O–H groups in total. The Balaban J connectivity index is 1.85. The second-order valence-electron chi connectivity index (χ2n) is 8.19. The number of non-ortho nitro benzene ring substituents is 1. The molecule has 3 rings (SSSR count). The molecule has 0 fully saturated rings. The van der Waals surface area contributed by atoms with Crippen molar-refractivity contribution in [2.75, 3.05) is 7.11 Å². The number of nitro benzene ring substituents is 1. The van der Waals surface area contributed by atoms with Crippen LogP contribution in [0.5, 0.6) is 11.5 Å². The van der Waals surface area contributed by atoms with Gasteiger partial charge >= 0.3 is 0 Å². The van der Waals surface area contributed by atoms with Crippen molar-refractivity contribution in [1.82, 2.24) is 5.32 Å². The third-order valence-corrected chi connectivity index (χ3v) is 5.59. The average molecular weight is 498 g/mol. The first-order valence-corrected chi connectivity index (χ1v) is 11.5. The molecule has 0 bridgehead atoms. The van der Waals surface area contributed by atoms with Crippen molar-refractivity contribution in [3.63, 3.8) is 0 Å². The molecule has 0 aromatic heterocycles. The van der Waals surface area contributed by atoms with Crippen LogP contribution in [0.2, 0.25) is 0 Å². The van der Waals surface area contributed by atoms with Gasteiger partial charge in [-0.3, -0.25) is 14.9 Å². The van der Waals surface area contributed by atoms with Gasteiger partial charge < -0.3 is 14.8 Å². The predicted molar refractivity (Wildman–Crippen MR) is 141 cm³/mol. The largest absolute Gasteiger partial charge is 0.493 e. The molecule has 0 spiro atoms. The summed E-state index contributed by atoms with van der Waals surface area (Å²) in [5.74, 6) is 0.419. The molecule has 1 atom stereocenters. The van der Waals surface area contributed by atoms with Gasteiger partial charge in [-0.2, -0.15) is 5.26 Å². The van der Waals surface area contributed by atoms with Crippen molar-refractivity contribution < 1.29 is 19.2 Å². The Morgan fingerprint density at radius 2 is 1.89 bits per heavy atom. The quantitative estimate of drug-likeness (QED) is 0.120. The Bertz CT molecular complexity index is 1340. The first-order valence-electron chi connectivity index (χ1n) is 11.5. The van der Waals surface area contributed by atoms with E-state index in [-0.39, 0.29) is 23.9 Å². The molecule has 0 heterocycles. The predicted octanol–water partition coefficient (Wildman–Crippen LogP) is 5.70. The maximum absolute atomic E-state index is 12.8. The second-order valence-corrected chi connectivity index (χ2v) is 8.19. The molecule has 3 aromatic rings. The maximum atomic E-state index is 12.8. The van der Waals surface area contributed by atoms with E-state index in [0.29, 0.717) is 23.5 Å². The molecule has 188 valence electrons. The number of nitrogens with one attached hydrogen (secondary N) is 1. The fourth-order valence-electron chi connectivity index (χ4n) is 3.67. The number of hydrogen-bond donors (Lipinski definition) is 1. The summed E-state index contributed by atoms with van der Waals surface area (Å²) in [6.45, 7) is 5.82. The smallest absolute Gasteiger partial charge is 0.269 e. The summed E-state index contributed by atoms with van der Waals surface area (Å²) < 4.78 is 11.6. The number of nitriles is 1. The van der Waals surface area contributed by atoms with Crippen molar-refractivity contribution >= 4 is 17.7 Å². The van der Waals surface area contributed by atoms with Crippen molar-refractivity contribution in [3.05, 3.63) is 117 Å². The van der Waals surface area contributed by atoms with Crippen molar-refractivity contribution in [2.45, 2.75) is 26.0 Å². The van der Waals surface area contributed by atoms with Crippen LogP contribution in [-0.2, 0) is 17.8 Å². The average Bonchev–Trinajstić information content (AvgIpc) is 2.91. The first-order chi connectivity index (χ1) is 17.9. The molecule has 8 nitrogen and oxygen atoms in total. The number of carbonyl (C=O) groups excluding carboxylic acids is 1. The highest BCUT2D eigenvalue weighted by atomic mass is 16.6. The molecule has 0 unspecified atom stereocenters. The van der Waals surface area contributed by atoms with Crippen LogP contribution in [-0.4, -0.2) is 17.9 Å². The van der Waals surface area contributed by atoms with E-state index < -0.39 is 10.8 Å². The summed E-state index contributed by atoms with van der Waals surface area (Å²) in [6, 6.07) is 20.8. The molecule has 8 heteroatoms. The van der Waals surface area contributed by atoms with Crippen LogP contribution < -0.4 is 14.8 Å². The van der Waals surface area contributed by atoms with E-state index in [4.69, 9.17) is 9.47 Å². The number of carbonyl (C=O) groups is 1. The number of methoxy groups -OCH3 is 1. The van der Waals surface area contributed by atoms with E-state index in [1.807, 2.05) is 43.3 Å². The van der Waals surface area contributed by atoms with Crippen molar-refractivity contribution in [1.29, 1.82) is 5.26 Å². The molecule has 0 aliphatic carbocycles. The summed E-state index contributed by atoms with van der Waals surface area (Å²) in [6.07, 6.45) is 3.66. The van der Waals surface area contributed by atoms with Crippen molar-refractivity contribution in [3.8, 4) is 17.6 Å². The maximum Gasteiger partial charge on any atom is 0.269 e. The lowest BCUT2D eigenvalue weighted by molar-refractivity contribution is -0.384. The minimum absolute atomic E-state index is 0.000290. The zero-order valence-corrected chi connectivity index (χ0v) is 20.6. The number of nitro groups is 1. The minimum atomic E-state index is -0.485. The van der Waals surface area contributed by atoms with E-state index >= 15 is 0 Å². The summed E-state index contributed by atoms with van der Waals surface area (Å²) in [5, 5.41) is 23.4. The number of benzene rings is 3. The summed E-state index contributed by atoms with van der Waals surface area (Å²) in [5.41, 5.74) is 2.97. The highest BCUT2D eigenvalue weighted by Gasteiger charge is 2.17. The zero-order chi connectivity index (χ0) is 26.8. The van der Waals surface area contributed by atoms with Crippen LogP contribution in [0.3, 0.4) is 0 Å². The van der Waals surface area contributed by atoms with Crippen LogP contribution in [0.1, 0.15) is 35.2 Å². The van der Waals surface area contributed by atoms with Crippen LogP contribution in [0.15, 0.2) is 85.0 Å². The highest BCUT2D eigenvalue weighted by Crippen LogP contribution is 2.35. The van der Waals surface area contributed by atoms with E-state index in [1.54, 1.807) is 30.3 Å². The molecule has 0 saturated heterocycles. The zero-order valence-electron chi connectivity index (χ0n) is 20.6. The monoisotopic (exact) mass is 497 g/mol. The molecule has 1 amide bonds. The van der Waals surface area contributed by atoms with Crippen LogP contribution in [0, 0.1) is 21.4 Å². The molecular weight excluding hydrogens is 470 g/mol. The Kier molecular flexibility index (Phi) is 9.17. The van der Waals surface area contributed by atoms with Gasteiger partial charge in [0.05, 0.1) is 18.1 Å². The van der Waals surface area contributed by atoms with Crippen molar-refractivity contribution in [2.24, 2.45) is 0 Å². The van der Waals surface area contributed by atoms with Gasteiger partial charge in [-0.05, 0) is 60.4 Å². The SMILES string of the molecule is C=CCc1cc(/C=C(/C#N)C(=O)N[C@H](C)c2ccccc2)cc(OC)c1OCc1ccc([N+](=O)[O-])cc1. The fraction of sp³-hybridized carbons (Fsp3) is 0.172. The van der Waals surface area contributed by atoms with Gasteiger partial charge in [0.25, 0.3) is 11.6 Å². The van der Waals surface area contributed by atoms with E-state index in [2.05, 4.69) is 11.9 Å². The molecule has 37 heavy (non-hydrogen) atoms. The van der Waals surface area contributed by atoms with Gasteiger partial charge in [-0.25, -0.2) is 0 Å². The first kappa shape index (κ1) is 26.7. The van der Waals surface area contributed by atoms with Gasteiger partial charge in [0.1, 0.15) is 18.2 Å². The minimum Gasteiger partial charge on any atom is -0.493 e. The van der Waals surface area contributed by atoms with Gasteiger partial charge in [0.15, 0.2) is 11.5 Å². The highest BCUT2D eigenvalue weighted by molar-refractivity contribution is 6.02. The molecule has 3 aromatic carbocycles. The molecule has 0 radical (unpaired) electrons. The number of amides is 1. The Morgan fingerprint density at radius 1 is 1.19 bits per heavy atom. The number of nitrogens with zero attached hydrogens (tertiary/aromatic N) is 2. The topological polar surface area (TPSA) is 114 Å². The second kappa shape index (κ2) is 12.7. The Morgan fingerprint density at radius 3 is 2.49 bits per heavy atom. The van der Waals surface area contributed by atoms with Gasteiger partial charge in [-0.15, -0.1) is 6.58 Å². The van der Waals surface area contributed by atoms with Gasteiger partial charge in [-0.1, -0.05) is 36.4 Å². The molecular formula is C29H27N3O5. The summed E-state index contributed by atoms with van der Waals surface area (Å²) in [7, 11) is 1.50. The van der Waals surface area contributed by atoms with Crippen LogP contribution in [0.4, 0.5) is 5.69 Å². The summed E-state index contributed by atoms with van der Waals surface area (Å²) >= 11 is 0. The number of hydrogen-bond acceptors (Lipinski definition) is 6. The number of allylic oxidation sites excluding steroid dienone is 1. The number of ether oxygens (including phenoxy) is 2. The van der Waals surface area contributed by atoms with E-state index in [1.165, 1.54) is 25.3 Å². The molecule has 0 saturated carbocycles. The lowest BCUT2D eigenvalue weighted by atomic mass is 10.0. The normalized spacial score (nSPS) is 11.6. The van der Waals surface area contributed by atoms with Gasteiger partial charge in [0.2, 0.25) is 0 Å². The lowest BCUT2D eigenvalue weighted by Crippen LogP contribution is -2.27. The third kappa shape index (κ3) is 7.05. The third-order valence-electron chi connectivity index (χ3n) is 5.59. The molecule has 0 aliphatic heterocycles. The Labute approximate surface area is 215 Å². The summed E-state index contributed by atoms with van der Waals surface area (Å²) in [4.78, 5) is 23.2. The van der Waals surface area contributed by atoms with E-state index in [0.717, 1.165) is 16.7 Å². The van der Waals surface area contributed by atoms with Crippen LogP contribution >= 0.6 is 0 Å². The fourth-order valence-corrected chi connectivity index (χ4v) is 3.67. The Hall–Kier alpha value is -4.90. The van der Waals surface area contributed by atoms with E-state index in [9.17, 15) is 20.2 Å². The standard InChI is InChI=1S/C29H27N3O5/c1-4-8-24-15-22(16-25(18-30)29(33)31-20(2)23-9-6-5-7-10-23)17-27(36-3)28(24)37-19-21-11-13-26(14-12-21)32(34)35/h4-7,9-17,20H,1,8,19H2,2-3H3,(H,31,33)/b25-16-/t20-/m1/s1. The lowest BCUT2D eigenvalue weighted by Gasteiger charge is -2.16. The number of rotatable bonds is 11. The van der Waals surface area contributed by atoms with Crippen LogP contribution in [0.25, 0.3) is 6.08 Å². The van der Waals surface area contributed by atoms with Gasteiger partial charge in [0, 0.05) is 17.7 Å².